The fourth-order valence-corrected chi connectivity index (χ4v) is 3.35. The van der Waals surface area contributed by atoms with Gasteiger partial charge in [0.1, 0.15) is 5.52 Å². The highest BCUT2D eigenvalue weighted by Gasteiger charge is 2.12. The summed E-state index contributed by atoms with van der Waals surface area (Å²) in [4.78, 5) is 21.0. The number of para-hydroxylation sites is 2. The Hall–Kier alpha value is -3.25. The van der Waals surface area contributed by atoms with Crippen LogP contribution >= 0.6 is 11.3 Å². The summed E-state index contributed by atoms with van der Waals surface area (Å²) in [5, 5.41) is 6.99. The number of hydrogen-bond acceptors (Lipinski definition) is 5. The second-order valence-corrected chi connectivity index (χ2v) is 6.39. The van der Waals surface area contributed by atoms with E-state index in [1.807, 2.05) is 48.5 Å². The Bertz CT molecular complexity index is 1020. The molecule has 0 spiro atoms. The third kappa shape index (κ3) is 3.34. The van der Waals surface area contributed by atoms with Crippen molar-refractivity contribution in [3.63, 3.8) is 0 Å². The van der Waals surface area contributed by atoms with Crippen LogP contribution in [-0.4, -0.2) is 15.9 Å². The van der Waals surface area contributed by atoms with Crippen molar-refractivity contribution < 1.29 is 4.79 Å². The summed E-state index contributed by atoms with van der Waals surface area (Å²) in [6.45, 7) is 0. The molecular formula is C19H14N4OS. The maximum Gasteiger partial charge on any atom is 0.257 e. The molecule has 0 aliphatic rings. The SMILES string of the molecule is O=C(Nc1cccc2sc(Nc3ccccc3)nc12)c1cccnc1. The summed E-state index contributed by atoms with van der Waals surface area (Å²) in [5.74, 6) is -0.203. The van der Waals surface area contributed by atoms with Gasteiger partial charge in [0.05, 0.1) is 16.0 Å². The molecular weight excluding hydrogens is 332 g/mol. The summed E-state index contributed by atoms with van der Waals surface area (Å²) >= 11 is 1.54. The standard InChI is InChI=1S/C19H14N4OS/c24-18(13-6-5-11-20-12-13)22-15-9-4-10-16-17(15)23-19(25-16)21-14-7-2-1-3-8-14/h1-12H,(H,21,23)(H,22,24). The largest absolute Gasteiger partial charge is 0.332 e. The number of aromatic nitrogens is 2. The van der Waals surface area contributed by atoms with Gasteiger partial charge in [-0.05, 0) is 36.4 Å². The molecule has 0 atom stereocenters. The summed E-state index contributed by atoms with van der Waals surface area (Å²) in [6.07, 6.45) is 3.18. The van der Waals surface area contributed by atoms with Crippen molar-refractivity contribution in [2.24, 2.45) is 0 Å². The van der Waals surface area contributed by atoms with Gasteiger partial charge in [-0.2, -0.15) is 0 Å². The van der Waals surface area contributed by atoms with Gasteiger partial charge in [0.2, 0.25) is 0 Å². The molecule has 2 heterocycles. The molecule has 0 saturated heterocycles. The lowest BCUT2D eigenvalue weighted by Crippen LogP contribution is -2.12. The van der Waals surface area contributed by atoms with Crippen LogP contribution in [0.25, 0.3) is 10.2 Å². The molecule has 1 amide bonds. The number of rotatable bonds is 4. The Morgan fingerprint density at radius 2 is 1.84 bits per heavy atom. The van der Waals surface area contributed by atoms with Gasteiger partial charge < -0.3 is 10.6 Å². The van der Waals surface area contributed by atoms with Crippen molar-refractivity contribution in [3.8, 4) is 0 Å². The van der Waals surface area contributed by atoms with Crippen LogP contribution in [0.3, 0.4) is 0 Å². The predicted octanol–water partition coefficient (Wildman–Crippen LogP) is 4.69. The van der Waals surface area contributed by atoms with Crippen molar-refractivity contribution in [2.45, 2.75) is 0 Å². The van der Waals surface area contributed by atoms with Crippen molar-refractivity contribution >= 4 is 44.0 Å². The average Bonchev–Trinajstić information content (AvgIpc) is 3.07. The van der Waals surface area contributed by atoms with Crippen molar-refractivity contribution in [3.05, 3.63) is 78.6 Å². The third-order valence-electron chi connectivity index (χ3n) is 3.62. The highest BCUT2D eigenvalue weighted by molar-refractivity contribution is 7.22. The van der Waals surface area contributed by atoms with E-state index in [1.165, 1.54) is 0 Å². The summed E-state index contributed by atoms with van der Waals surface area (Å²) < 4.78 is 1.00. The third-order valence-corrected chi connectivity index (χ3v) is 4.55. The second-order valence-electron chi connectivity index (χ2n) is 5.36. The molecule has 6 heteroatoms. The number of anilines is 3. The Balaban J connectivity index is 1.63. The molecule has 0 unspecified atom stereocenters. The molecule has 4 rings (SSSR count). The number of nitrogens with zero attached hydrogens (tertiary/aromatic N) is 2. The maximum absolute atomic E-state index is 12.4. The van der Waals surface area contributed by atoms with E-state index in [0.717, 1.165) is 21.0 Å². The molecule has 0 aliphatic heterocycles. The number of pyridine rings is 1. The van der Waals surface area contributed by atoms with Crippen LogP contribution in [0.4, 0.5) is 16.5 Å². The van der Waals surface area contributed by atoms with E-state index in [-0.39, 0.29) is 5.91 Å². The fraction of sp³-hybridized carbons (Fsp3) is 0. The van der Waals surface area contributed by atoms with Crippen molar-refractivity contribution in [1.82, 2.24) is 9.97 Å². The zero-order chi connectivity index (χ0) is 17.1. The first-order valence-corrected chi connectivity index (χ1v) is 8.54. The molecule has 4 aromatic rings. The Kier molecular flexibility index (Phi) is 4.10. The molecule has 2 aromatic carbocycles. The Morgan fingerprint density at radius 1 is 0.960 bits per heavy atom. The van der Waals surface area contributed by atoms with Crippen molar-refractivity contribution in [1.29, 1.82) is 0 Å². The summed E-state index contributed by atoms with van der Waals surface area (Å²) in [7, 11) is 0. The molecule has 2 N–H and O–H groups in total. The van der Waals surface area contributed by atoms with Crippen LogP contribution in [0.1, 0.15) is 10.4 Å². The molecule has 0 radical (unpaired) electrons. The average molecular weight is 346 g/mol. The number of amides is 1. The first kappa shape index (κ1) is 15.3. The number of fused-ring (bicyclic) bond motifs is 1. The number of carbonyl (C=O) groups is 1. The Morgan fingerprint density at radius 3 is 2.64 bits per heavy atom. The lowest BCUT2D eigenvalue weighted by Gasteiger charge is -2.05. The van der Waals surface area contributed by atoms with Gasteiger partial charge >= 0.3 is 0 Å². The van der Waals surface area contributed by atoms with Crippen LogP contribution in [0, 0.1) is 0 Å². The number of hydrogen-bond donors (Lipinski definition) is 2. The van der Waals surface area contributed by atoms with Gasteiger partial charge in [0, 0.05) is 18.1 Å². The van der Waals surface area contributed by atoms with Gasteiger partial charge in [0.15, 0.2) is 5.13 Å². The lowest BCUT2D eigenvalue weighted by atomic mass is 10.2. The minimum atomic E-state index is -0.203. The fourth-order valence-electron chi connectivity index (χ4n) is 2.44. The second kappa shape index (κ2) is 6.70. The smallest absolute Gasteiger partial charge is 0.257 e. The molecule has 5 nitrogen and oxygen atoms in total. The highest BCUT2D eigenvalue weighted by atomic mass is 32.1. The maximum atomic E-state index is 12.4. The van der Waals surface area contributed by atoms with Gasteiger partial charge in [0.25, 0.3) is 5.91 Å². The van der Waals surface area contributed by atoms with E-state index in [2.05, 4.69) is 20.6 Å². The highest BCUT2D eigenvalue weighted by Crippen LogP contribution is 2.32. The van der Waals surface area contributed by atoms with Gasteiger partial charge in [-0.15, -0.1) is 0 Å². The minimum Gasteiger partial charge on any atom is -0.332 e. The van der Waals surface area contributed by atoms with Crippen molar-refractivity contribution in [2.75, 3.05) is 10.6 Å². The molecule has 25 heavy (non-hydrogen) atoms. The molecule has 0 bridgehead atoms. The molecule has 0 aliphatic carbocycles. The number of nitrogens with one attached hydrogen (secondary N) is 2. The molecule has 122 valence electrons. The van der Waals surface area contributed by atoms with Gasteiger partial charge in [-0.1, -0.05) is 35.6 Å². The van der Waals surface area contributed by atoms with Crippen LogP contribution in [-0.2, 0) is 0 Å². The quantitative estimate of drug-likeness (QED) is 0.563. The van der Waals surface area contributed by atoms with E-state index >= 15 is 0 Å². The molecule has 0 fully saturated rings. The van der Waals surface area contributed by atoms with E-state index in [9.17, 15) is 4.79 Å². The normalized spacial score (nSPS) is 10.6. The Labute approximate surface area is 148 Å². The van der Waals surface area contributed by atoms with Crippen LogP contribution < -0.4 is 10.6 Å². The van der Waals surface area contributed by atoms with E-state index in [4.69, 9.17) is 0 Å². The van der Waals surface area contributed by atoms with E-state index in [1.54, 1.807) is 35.9 Å². The molecule has 2 aromatic heterocycles. The first-order valence-electron chi connectivity index (χ1n) is 7.72. The van der Waals surface area contributed by atoms with E-state index in [0.29, 0.717) is 11.3 Å². The monoisotopic (exact) mass is 346 g/mol. The van der Waals surface area contributed by atoms with Crippen LogP contribution in [0.15, 0.2) is 73.1 Å². The van der Waals surface area contributed by atoms with Crippen LogP contribution in [0.5, 0.6) is 0 Å². The lowest BCUT2D eigenvalue weighted by molar-refractivity contribution is 0.102. The summed E-state index contributed by atoms with van der Waals surface area (Å²) in [6, 6.07) is 19.1. The minimum absolute atomic E-state index is 0.203. The summed E-state index contributed by atoms with van der Waals surface area (Å²) in [5.41, 5.74) is 2.94. The van der Waals surface area contributed by atoms with Gasteiger partial charge in [-0.25, -0.2) is 4.98 Å². The number of benzene rings is 2. The molecule has 0 saturated carbocycles. The number of carbonyl (C=O) groups excluding carboxylic acids is 1. The predicted molar refractivity (Wildman–Crippen MR) is 102 cm³/mol. The number of thiazole rings is 1. The van der Waals surface area contributed by atoms with Gasteiger partial charge in [-0.3, -0.25) is 9.78 Å². The first-order chi connectivity index (χ1) is 12.3. The van der Waals surface area contributed by atoms with Crippen LogP contribution in [0.2, 0.25) is 0 Å². The van der Waals surface area contributed by atoms with E-state index < -0.39 is 0 Å². The zero-order valence-corrected chi connectivity index (χ0v) is 14.0. The zero-order valence-electron chi connectivity index (χ0n) is 13.1. The topological polar surface area (TPSA) is 66.9 Å².